The van der Waals surface area contributed by atoms with Crippen molar-refractivity contribution in [1.82, 2.24) is 19.7 Å². The molecule has 34 heavy (non-hydrogen) atoms. The minimum atomic E-state index is -0.863. The number of rotatable bonds is 8. The largest absolute Gasteiger partial charge is 0.452 e. The second kappa shape index (κ2) is 10.2. The van der Waals surface area contributed by atoms with Gasteiger partial charge < -0.3 is 9.30 Å². The third kappa shape index (κ3) is 5.44. The first kappa shape index (κ1) is 23.1. The summed E-state index contributed by atoms with van der Waals surface area (Å²) in [6, 6.07) is 13.4. The van der Waals surface area contributed by atoms with Gasteiger partial charge in [-0.2, -0.15) is 0 Å². The number of nitrogens with one attached hydrogen (secondary N) is 1. The summed E-state index contributed by atoms with van der Waals surface area (Å²) < 4.78 is 6.63. The Kier molecular flexibility index (Phi) is 6.94. The molecule has 0 atom stereocenters. The van der Waals surface area contributed by atoms with Crippen LogP contribution in [0.3, 0.4) is 0 Å². The van der Waals surface area contributed by atoms with E-state index < -0.39 is 23.4 Å². The van der Waals surface area contributed by atoms with Crippen molar-refractivity contribution in [3.63, 3.8) is 0 Å². The highest BCUT2D eigenvalue weighted by molar-refractivity contribution is 7.99. The summed E-state index contributed by atoms with van der Waals surface area (Å²) in [7, 11) is 1.71. The third-order valence-corrected chi connectivity index (χ3v) is 6.29. The van der Waals surface area contributed by atoms with Gasteiger partial charge in [0, 0.05) is 24.1 Å². The van der Waals surface area contributed by atoms with E-state index in [2.05, 4.69) is 20.5 Å². The van der Waals surface area contributed by atoms with E-state index in [-0.39, 0.29) is 16.1 Å². The van der Waals surface area contributed by atoms with Crippen LogP contribution >= 0.6 is 23.1 Å². The van der Waals surface area contributed by atoms with Gasteiger partial charge in [0.15, 0.2) is 16.9 Å². The molecule has 0 saturated heterocycles. The minimum Gasteiger partial charge on any atom is -0.452 e. The summed E-state index contributed by atoms with van der Waals surface area (Å²) in [4.78, 5) is 40.1. The number of ether oxygens (including phenoxy) is 1. The Bertz CT molecular complexity index is 1350. The van der Waals surface area contributed by atoms with Crippen LogP contribution in [0.4, 0.5) is 10.8 Å². The zero-order chi connectivity index (χ0) is 24.1. The van der Waals surface area contributed by atoms with Crippen molar-refractivity contribution in [2.24, 2.45) is 7.05 Å². The van der Waals surface area contributed by atoms with Crippen LogP contribution in [0.5, 0.6) is 0 Å². The maximum Gasteiger partial charge on any atom is 0.338 e. The first-order valence-corrected chi connectivity index (χ1v) is 11.4. The molecule has 2 heterocycles. The molecule has 172 valence electrons. The first-order valence-electron chi connectivity index (χ1n) is 9.69. The topological polar surface area (TPSA) is 142 Å². The average molecular weight is 497 g/mol. The molecule has 4 aromatic rings. The highest BCUT2D eigenvalue weighted by atomic mass is 32.2. The summed E-state index contributed by atoms with van der Waals surface area (Å²) in [5.74, 6) is -1.44. The Morgan fingerprint density at radius 1 is 1.24 bits per heavy atom. The highest BCUT2D eigenvalue weighted by Gasteiger charge is 2.21. The Balaban J connectivity index is 1.37. The molecule has 0 aliphatic carbocycles. The molecule has 0 fully saturated rings. The lowest BCUT2D eigenvalue weighted by molar-refractivity contribution is -0.387. The van der Waals surface area contributed by atoms with Gasteiger partial charge in [0.2, 0.25) is 0 Å². The fourth-order valence-electron chi connectivity index (χ4n) is 2.78. The van der Waals surface area contributed by atoms with Gasteiger partial charge in [-0.05, 0) is 23.9 Å². The van der Waals surface area contributed by atoms with Crippen LogP contribution in [-0.4, -0.2) is 43.2 Å². The second-order valence-corrected chi connectivity index (χ2v) is 8.66. The van der Waals surface area contributed by atoms with E-state index in [1.165, 1.54) is 29.8 Å². The predicted molar refractivity (Wildman–Crippen MR) is 125 cm³/mol. The summed E-state index contributed by atoms with van der Waals surface area (Å²) in [5.41, 5.74) is 1.28. The van der Waals surface area contributed by atoms with Crippen molar-refractivity contribution in [3.05, 3.63) is 75.9 Å². The number of amides is 1. The highest BCUT2D eigenvalue weighted by Crippen LogP contribution is 2.34. The van der Waals surface area contributed by atoms with Gasteiger partial charge in [0.25, 0.3) is 11.6 Å². The van der Waals surface area contributed by atoms with E-state index in [9.17, 15) is 19.7 Å². The number of anilines is 1. The SMILES string of the molecule is Cn1cnnc1Sc1ccc(C(=O)OCC(=O)Nc2nc(-c3ccccc3)cs2)cc1[N+](=O)[O-]. The van der Waals surface area contributed by atoms with Crippen molar-refractivity contribution < 1.29 is 19.2 Å². The lowest BCUT2D eigenvalue weighted by Crippen LogP contribution is -2.20. The lowest BCUT2D eigenvalue weighted by Gasteiger charge is -2.07. The molecular weight excluding hydrogens is 480 g/mol. The van der Waals surface area contributed by atoms with Crippen LogP contribution in [0.2, 0.25) is 0 Å². The molecule has 0 saturated carbocycles. The first-order chi connectivity index (χ1) is 16.4. The van der Waals surface area contributed by atoms with E-state index in [4.69, 9.17) is 4.74 Å². The Morgan fingerprint density at radius 2 is 2.03 bits per heavy atom. The van der Waals surface area contributed by atoms with Crippen LogP contribution < -0.4 is 5.32 Å². The van der Waals surface area contributed by atoms with Gasteiger partial charge in [0.05, 0.1) is 21.1 Å². The smallest absolute Gasteiger partial charge is 0.338 e. The zero-order valence-electron chi connectivity index (χ0n) is 17.6. The number of carbonyl (C=O) groups is 2. The molecule has 0 radical (unpaired) electrons. The quantitative estimate of drug-likeness (QED) is 0.219. The normalized spacial score (nSPS) is 10.6. The van der Waals surface area contributed by atoms with E-state index >= 15 is 0 Å². The number of carbonyl (C=O) groups excluding carboxylic acids is 2. The minimum absolute atomic E-state index is 0.0533. The summed E-state index contributed by atoms with van der Waals surface area (Å²) >= 11 is 2.28. The van der Waals surface area contributed by atoms with Crippen LogP contribution in [0.25, 0.3) is 11.3 Å². The van der Waals surface area contributed by atoms with Crippen molar-refractivity contribution in [2.45, 2.75) is 10.1 Å². The van der Waals surface area contributed by atoms with Crippen LogP contribution in [0.15, 0.2) is 70.3 Å². The molecule has 13 heteroatoms. The number of aromatic nitrogens is 4. The molecule has 1 amide bonds. The Morgan fingerprint density at radius 3 is 2.74 bits per heavy atom. The molecule has 0 spiro atoms. The predicted octanol–water partition coefficient (Wildman–Crippen LogP) is 3.79. The number of benzene rings is 2. The van der Waals surface area contributed by atoms with Crippen molar-refractivity contribution in [3.8, 4) is 11.3 Å². The Hall–Kier alpha value is -4.10. The number of hydrogen-bond donors (Lipinski definition) is 1. The molecule has 0 bridgehead atoms. The van der Waals surface area contributed by atoms with Gasteiger partial charge >= 0.3 is 5.97 Å². The van der Waals surface area contributed by atoms with Gasteiger partial charge in [0.1, 0.15) is 6.33 Å². The number of thiazole rings is 1. The van der Waals surface area contributed by atoms with Crippen LogP contribution in [-0.2, 0) is 16.6 Å². The maximum absolute atomic E-state index is 12.4. The molecule has 0 aliphatic rings. The van der Waals surface area contributed by atoms with Gasteiger partial charge in [-0.15, -0.1) is 21.5 Å². The molecule has 2 aromatic carbocycles. The van der Waals surface area contributed by atoms with E-state index in [0.29, 0.717) is 16.0 Å². The van der Waals surface area contributed by atoms with Crippen LogP contribution in [0.1, 0.15) is 10.4 Å². The van der Waals surface area contributed by atoms with E-state index in [0.717, 1.165) is 23.4 Å². The molecular formula is C21H16N6O5S2. The fourth-order valence-corrected chi connectivity index (χ4v) is 4.36. The van der Waals surface area contributed by atoms with Crippen molar-refractivity contribution in [2.75, 3.05) is 11.9 Å². The summed E-state index contributed by atoms with van der Waals surface area (Å²) in [6.45, 7) is -0.567. The summed E-state index contributed by atoms with van der Waals surface area (Å²) in [6.07, 6.45) is 1.47. The van der Waals surface area contributed by atoms with Crippen molar-refractivity contribution in [1.29, 1.82) is 0 Å². The van der Waals surface area contributed by atoms with Crippen molar-refractivity contribution >= 4 is 45.8 Å². The van der Waals surface area contributed by atoms with E-state index in [1.807, 2.05) is 30.3 Å². The van der Waals surface area contributed by atoms with Crippen LogP contribution in [0, 0.1) is 10.1 Å². The van der Waals surface area contributed by atoms with Gasteiger partial charge in [-0.3, -0.25) is 20.2 Å². The Labute approximate surface area is 201 Å². The fraction of sp³-hybridized carbons (Fsp3) is 0.0952. The number of aryl methyl sites for hydroxylation is 1. The standard InChI is InChI=1S/C21H16N6O5S2/c1-26-12-22-25-21(26)34-17-8-7-14(9-16(17)27(30)31)19(29)32-10-18(28)24-20-23-15(11-33-20)13-5-3-2-4-6-13/h2-9,11-12H,10H2,1H3,(H,23,24,28). The number of nitrogens with zero attached hydrogens (tertiary/aromatic N) is 5. The number of nitro benzene ring substituents is 1. The van der Waals surface area contributed by atoms with E-state index in [1.54, 1.807) is 17.0 Å². The molecule has 0 aliphatic heterocycles. The third-order valence-electron chi connectivity index (χ3n) is 4.42. The average Bonchev–Trinajstić information content (AvgIpc) is 3.47. The monoisotopic (exact) mass is 496 g/mol. The molecule has 1 N–H and O–H groups in total. The zero-order valence-corrected chi connectivity index (χ0v) is 19.2. The second-order valence-electron chi connectivity index (χ2n) is 6.79. The number of esters is 1. The molecule has 0 unspecified atom stereocenters. The van der Waals surface area contributed by atoms with Gasteiger partial charge in [-0.1, -0.05) is 30.3 Å². The summed E-state index contributed by atoms with van der Waals surface area (Å²) in [5, 5.41) is 24.3. The molecule has 11 nitrogen and oxygen atoms in total. The van der Waals surface area contributed by atoms with Gasteiger partial charge in [-0.25, -0.2) is 9.78 Å². The number of nitro groups is 1. The molecule has 4 rings (SSSR count). The molecule has 2 aromatic heterocycles. The number of hydrogen-bond acceptors (Lipinski definition) is 10. The maximum atomic E-state index is 12.4. The lowest BCUT2D eigenvalue weighted by atomic mass is 10.2.